The zero-order valence-electron chi connectivity index (χ0n) is 18.0. The number of benzene rings is 3. The summed E-state index contributed by atoms with van der Waals surface area (Å²) in [5, 5.41) is 8.04. The normalized spacial score (nSPS) is 10.4. The van der Waals surface area contributed by atoms with Crippen LogP contribution in [0, 0.1) is 0 Å². The molecule has 8 heteroatoms. The SMILES string of the molecule is COc1cccc(C(=O)Nc2ccc(-c3csc(NC(=O)c4cccc(OC)c4)n3)cc2)c1. The highest BCUT2D eigenvalue weighted by Crippen LogP contribution is 2.27. The maximum absolute atomic E-state index is 12.5. The fraction of sp³-hybridized carbons (Fsp3) is 0.0800. The molecule has 0 aliphatic carbocycles. The van der Waals surface area contributed by atoms with Gasteiger partial charge in [-0.1, -0.05) is 24.3 Å². The Morgan fingerprint density at radius 3 is 1.94 bits per heavy atom. The molecular formula is C25H21N3O4S. The standard InChI is InChI=1S/C25H21N3O4S/c1-31-20-7-3-5-17(13-20)23(29)26-19-11-9-16(10-12-19)22-15-33-25(27-22)28-24(30)18-6-4-8-21(14-18)32-2/h3-15H,1-2H3,(H,26,29)(H,27,28,30). The molecule has 2 N–H and O–H groups in total. The van der Waals surface area contributed by atoms with Crippen molar-refractivity contribution in [1.82, 2.24) is 4.98 Å². The van der Waals surface area contributed by atoms with Crippen LogP contribution in [0.1, 0.15) is 20.7 Å². The van der Waals surface area contributed by atoms with Crippen LogP contribution in [0.25, 0.3) is 11.3 Å². The molecule has 4 rings (SSSR count). The number of nitrogens with zero attached hydrogens (tertiary/aromatic N) is 1. The van der Waals surface area contributed by atoms with Crippen LogP contribution in [0.5, 0.6) is 11.5 Å². The average Bonchev–Trinajstić information content (AvgIpc) is 3.33. The predicted molar refractivity (Wildman–Crippen MR) is 129 cm³/mol. The summed E-state index contributed by atoms with van der Waals surface area (Å²) in [5.74, 6) is 0.750. The number of thiazole rings is 1. The van der Waals surface area contributed by atoms with Crippen LogP contribution in [-0.2, 0) is 0 Å². The second-order valence-corrected chi connectivity index (χ2v) is 7.85. The van der Waals surface area contributed by atoms with Crippen molar-refractivity contribution < 1.29 is 19.1 Å². The molecule has 33 heavy (non-hydrogen) atoms. The number of carbonyl (C=O) groups is 2. The van der Waals surface area contributed by atoms with Gasteiger partial charge in [0.1, 0.15) is 11.5 Å². The van der Waals surface area contributed by atoms with E-state index in [4.69, 9.17) is 9.47 Å². The number of nitrogens with one attached hydrogen (secondary N) is 2. The molecule has 0 spiro atoms. The first-order chi connectivity index (χ1) is 16.1. The Morgan fingerprint density at radius 1 is 0.788 bits per heavy atom. The smallest absolute Gasteiger partial charge is 0.257 e. The quantitative estimate of drug-likeness (QED) is 0.390. The van der Waals surface area contributed by atoms with Gasteiger partial charge in [0.25, 0.3) is 11.8 Å². The van der Waals surface area contributed by atoms with Crippen molar-refractivity contribution in [2.45, 2.75) is 0 Å². The van der Waals surface area contributed by atoms with Crippen molar-refractivity contribution >= 4 is 34.0 Å². The maximum Gasteiger partial charge on any atom is 0.257 e. The summed E-state index contributed by atoms with van der Waals surface area (Å²) in [5.41, 5.74) is 3.25. The van der Waals surface area contributed by atoms with Crippen LogP contribution < -0.4 is 20.1 Å². The number of anilines is 2. The van der Waals surface area contributed by atoms with Gasteiger partial charge in [0.2, 0.25) is 0 Å². The number of amides is 2. The molecular weight excluding hydrogens is 438 g/mol. The van der Waals surface area contributed by atoms with E-state index in [0.717, 1.165) is 11.3 Å². The number of ether oxygens (including phenoxy) is 2. The lowest BCUT2D eigenvalue weighted by Gasteiger charge is -2.07. The second-order valence-electron chi connectivity index (χ2n) is 6.99. The van der Waals surface area contributed by atoms with Crippen LogP contribution >= 0.6 is 11.3 Å². The van der Waals surface area contributed by atoms with Crippen LogP contribution in [0.4, 0.5) is 10.8 Å². The molecule has 0 saturated heterocycles. The maximum atomic E-state index is 12.5. The number of aromatic nitrogens is 1. The third-order valence-electron chi connectivity index (χ3n) is 4.83. The number of hydrogen-bond acceptors (Lipinski definition) is 6. The third-order valence-corrected chi connectivity index (χ3v) is 5.58. The topological polar surface area (TPSA) is 89.6 Å². The molecule has 0 aliphatic heterocycles. The highest BCUT2D eigenvalue weighted by molar-refractivity contribution is 7.14. The molecule has 166 valence electrons. The number of methoxy groups -OCH3 is 2. The zero-order chi connectivity index (χ0) is 23.2. The van der Waals surface area contributed by atoms with Gasteiger partial charge in [-0.25, -0.2) is 4.98 Å². The molecule has 0 atom stereocenters. The summed E-state index contributed by atoms with van der Waals surface area (Å²) >= 11 is 1.34. The highest BCUT2D eigenvalue weighted by atomic mass is 32.1. The largest absolute Gasteiger partial charge is 0.497 e. The molecule has 0 saturated carbocycles. The molecule has 0 fully saturated rings. The van der Waals surface area contributed by atoms with Gasteiger partial charge in [-0.15, -0.1) is 11.3 Å². The summed E-state index contributed by atoms with van der Waals surface area (Å²) in [6.45, 7) is 0. The molecule has 2 amide bonds. The summed E-state index contributed by atoms with van der Waals surface area (Å²) in [7, 11) is 3.11. The molecule has 7 nitrogen and oxygen atoms in total. The van der Waals surface area contributed by atoms with Crippen molar-refractivity contribution in [1.29, 1.82) is 0 Å². The van der Waals surface area contributed by atoms with E-state index in [1.807, 2.05) is 17.5 Å². The van der Waals surface area contributed by atoms with Crippen LogP contribution in [0.3, 0.4) is 0 Å². The van der Waals surface area contributed by atoms with Gasteiger partial charge in [-0.3, -0.25) is 14.9 Å². The monoisotopic (exact) mass is 459 g/mol. The minimum atomic E-state index is -0.259. The van der Waals surface area contributed by atoms with E-state index in [9.17, 15) is 9.59 Å². The molecule has 0 unspecified atom stereocenters. The molecule has 1 heterocycles. The average molecular weight is 460 g/mol. The fourth-order valence-electron chi connectivity index (χ4n) is 3.09. The predicted octanol–water partition coefficient (Wildman–Crippen LogP) is 5.33. The third kappa shape index (κ3) is 5.36. The Kier molecular flexibility index (Phi) is 6.66. The Bertz CT molecular complexity index is 1280. The Hall–Kier alpha value is -4.17. The number of carbonyl (C=O) groups excluding carboxylic acids is 2. The number of rotatable bonds is 7. The molecule has 1 aromatic heterocycles. The van der Waals surface area contributed by atoms with Crippen molar-refractivity contribution in [2.24, 2.45) is 0 Å². The van der Waals surface area contributed by atoms with Gasteiger partial charge in [0.15, 0.2) is 5.13 Å². The van der Waals surface area contributed by atoms with E-state index >= 15 is 0 Å². The minimum Gasteiger partial charge on any atom is -0.497 e. The van der Waals surface area contributed by atoms with E-state index < -0.39 is 0 Å². The van der Waals surface area contributed by atoms with Gasteiger partial charge in [0.05, 0.1) is 19.9 Å². The van der Waals surface area contributed by atoms with E-state index in [1.165, 1.54) is 11.3 Å². The molecule has 0 aliphatic rings. The van der Waals surface area contributed by atoms with Crippen LogP contribution in [-0.4, -0.2) is 31.0 Å². The first-order valence-electron chi connectivity index (χ1n) is 10.0. The van der Waals surface area contributed by atoms with E-state index in [2.05, 4.69) is 15.6 Å². The van der Waals surface area contributed by atoms with Gasteiger partial charge in [0, 0.05) is 27.8 Å². The molecule has 4 aromatic rings. The minimum absolute atomic E-state index is 0.224. The molecule has 3 aromatic carbocycles. The molecule has 0 radical (unpaired) electrons. The van der Waals surface area contributed by atoms with E-state index in [-0.39, 0.29) is 11.8 Å². The van der Waals surface area contributed by atoms with Crippen LogP contribution in [0.15, 0.2) is 78.2 Å². The van der Waals surface area contributed by atoms with Crippen molar-refractivity contribution in [3.63, 3.8) is 0 Å². The first kappa shape index (κ1) is 22.0. The van der Waals surface area contributed by atoms with Gasteiger partial charge in [-0.2, -0.15) is 0 Å². The summed E-state index contributed by atoms with van der Waals surface area (Å²) in [6.07, 6.45) is 0. The Balaban J connectivity index is 1.41. The van der Waals surface area contributed by atoms with Gasteiger partial charge < -0.3 is 14.8 Å². The summed E-state index contributed by atoms with van der Waals surface area (Å²) in [6, 6.07) is 21.2. The van der Waals surface area contributed by atoms with E-state index in [1.54, 1.807) is 74.9 Å². The Morgan fingerprint density at radius 2 is 1.36 bits per heavy atom. The first-order valence-corrected chi connectivity index (χ1v) is 10.9. The lowest BCUT2D eigenvalue weighted by atomic mass is 10.1. The summed E-state index contributed by atoms with van der Waals surface area (Å²) in [4.78, 5) is 29.5. The van der Waals surface area contributed by atoms with Crippen molar-refractivity contribution in [2.75, 3.05) is 24.9 Å². The van der Waals surface area contributed by atoms with Crippen molar-refractivity contribution in [3.05, 3.63) is 89.3 Å². The number of hydrogen-bond donors (Lipinski definition) is 2. The van der Waals surface area contributed by atoms with E-state index in [0.29, 0.717) is 33.4 Å². The molecule has 0 bridgehead atoms. The van der Waals surface area contributed by atoms with Gasteiger partial charge in [-0.05, 0) is 48.5 Å². The lowest BCUT2D eigenvalue weighted by molar-refractivity contribution is 0.101. The second kappa shape index (κ2) is 9.97. The lowest BCUT2D eigenvalue weighted by Crippen LogP contribution is -2.12. The Labute approximate surface area is 195 Å². The highest BCUT2D eigenvalue weighted by Gasteiger charge is 2.12. The van der Waals surface area contributed by atoms with Gasteiger partial charge >= 0.3 is 0 Å². The fourth-order valence-corrected chi connectivity index (χ4v) is 3.80. The summed E-state index contributed by atoms with van der Waals surface area (Å²) < 4.78 is 10.3. The van der Waals surface area contributed by atoms with Crippen LogP contribution in [0.2, 0.25) is 0 Å². The van der Waals surface area contributed by atoms with Crippen molar-refractivity contribution in [3.8, 4) is 22.8 Å². The zero-order valence-corrected chi connectivity index (χ0v) is 18.8.